The van der Waals surface area contributed by atoms with Crippen LogP contribution < -0.4 is 11.1 Å². The third-order valence-corrected chi connectivity index (χ3v) is 3.85. The van der Waals surface area contributed by atoms with Gasteiger partial charge in [0.05, 0.1) is 6.04 Å². The number of methoxy groups -OCH3 is 1. The van der Waals surface area contributed by atoms with Crippen LogP contribution in [0.15, 0.2) is 0 Å². The number of nitrogens with one attached hydrogen (secondary N) is 1. The van der Waals surface area contributed by atoms with Gasteiger partial charge in [-0.05, 0) is 44.8 Å². The summed E-state index contributed by atoms with van der Waals surface area (Å²) < 4.78 is 4.92. The lowest BCUT2D eigenvalue weighted by Crippen LogP contribution is -2.48. The largest absolute Gasteiger partial charge is 0.385 e. The summed E-state index contributed by atoms with van der Waals surface area (Å²) in [5.74, 6) is -0.0628. The van der Waals surface area contributed by atoms with Crippen molar-refractivity contribution in [2.45, 2.75) is 32.2 Å². The molecule has 18 heavy (non-hydrogen) atoms. The second kappa shape index (κ2) is 7.07. The van der Waals surface area contributed by atoms with Gasteiger partial charge in [0.2, 0.25) is 5.91 Å². The van der Waals surface area contributed by atoms with E-state index in [0.29, 0.717) is 13.0 Å². The molecule has 1 atom stereocenters. The molecule has 1 unspecified atom stereocenters. The van der Waals surface area contributed by atoms with Gasteiger partial charge in [0.25, 0.3) is 0 Å². The van der Waals surface area contributed by atoms with Crippen LogP contribution in [0.1, 0.15) is 26.2 Å². The first-order chi connectivity index (χ1) is 8.47. The van der Waals surface area contributed by atoms with Gasteiger partial charge in [-0.25, -0.2) is 0 Å². The number of hydrogen-bond donors (Lipinski definition) is 2. The van der Waals surface area contributed by atoms with Gasteiger partial charge in [-0.15, -0.1) is 0 Å². The lowest BCUT2D eigenvalue weighted by atomic mass is 9.80. The zero-order valence-corrected chi connectivity index (χ0v) is 11.9. The molecule has 5 nitrogen and oxygen atoms in total. The maximum atomic E-state index is 11.8. The molecule has 106 valence electrons. The van der Waals surface area contributed by atoms with Crippen LogP contribution in [0.2, 0.25) is 0 Å². The maximum Gasteiger partial charge on any atom is 0.237 e. The van der Waals surface area contributed by atoms with Crippen molar-refractivity contribution in [3.8, 4) is 0 Å². The van der Waals surface area contributed by atoms with E-state index in [1.165, 1.54) is 0 Å². The summed E-state index contributed by atoms with van der Waals surface area (Å²) in [7, 11) is 3.75. The van der Waals surface area contributed by atoms with Crippen LogP contribution in [0, 0.1) is 5.41 Å². The van der Waals surface area contributed by atoms with Crippen LogP contribution >= 0.6 is 0 Å². The van der Waals surface area contributed by atoms with Crippen LogP contribution in [0.5, 0.6) is 0 Å². The van der Waals surface area contributed by atoms with E-state index in [1.807, 2.05) is 0 Å². The van der Waals surface area contributed by atoms with Gasteiger partial charge in [-0.1, -0.05) is 6.92 Å². The Morgan fingerprint density at radius 3 is 2.67 bits per heavy atom. The molecule has 0 aromatic carbocycles. The summed E-state index contributed by atoms with van der Waals surface area (Å²) in [6.45, 7) is 5.68. The molecule has 1 amide bonds. The van der Waals surface area contributed by atoms with Crippen molar-refractivity contribution in [1.82, 2.24) is 10.2 Å². The average molecular weight is 257 g/mol. The molecule has 1 heterocycles. The number of nitrogens with two attached hydrogens (primary N) is 1. The standard InChI is InChI=1S/C13H27N3O2/c1-13(5-7-16(2)8-6-13)10-15-12(17)11(14)4-9-18-3/h11H,4-10,14H2,1-3H3,(H,15,17). The van der Waals surface area contributed by atoms with E-state index in [2.05, 4.69) is 24.2 Å². The van der Waals surface area contributed by atoms with Crippen molar-refractivity contribution in [2.75, 3.05) is 40.4 Å². The lowest BCUT2D eigenvalue weighted by Gasteiger charge is -2.38. The number of nitrogens with zero attached hydrogens (tertiary/aromatic N) is 1. The van der Waals surface area contributed by atoms with Gasteiger partial charge in [0.1, 0.15) is 0 Å². The molecule has 1 aliphatic rings. The SMILES string of the molecule is COCCC(N)C(=O)NCC1(C)CCN(C)CC1. The minimum absolute atomic E-state index is 0.0628. The molecule has 5 heteroatoms. The Hall–Kier alpha value is -0.650. The molecule has 0 saturated carbocycles. The minimum Gasteiger partial charge on any atom is -0.385 e. The van der Waals surface area contributed by atoms with Crippen molar-refractivity contribution in [3.05, 3.63) is 0 Å². The molecule has 1 aliphatic heterocycles. The summed E-state index contributed by atoms with van der Waals surface area (Å²) >= 11 is 0. The highest BCUT2D eigenvalue weighted by Gasteiger charge is 2.29. The quantitative estimate of drug-likeness (QED) is 0.713. The number of carbonyl (C=O) groups is 1. The molecule has 0 spiro atoms. The molecule has 0 aromatic rings. The van der Waals surface area contributed by atoms with Gasteiger partial charge < -0.3 is 20.7 Å². The summed E-state index contributed by atoms with van der Waals surface area (Å²) in [5, 5.41) is 2.98. The van der Waals surface area contributed by atoms with E-state index >= 15 is 0 Å². The summed E-state index contributed by atoms with van der Waals surface area (Å²) in [6.07, 6.45) is 2.82. The fraction of sp³-hybridized carbons (Fsp3) is 0.923. The fourth-order valence-corrected chi connectivity index (χ4v) is 2.14. The Morgan fingerprint density at radius 1 is 1.50 bits per heavy atom. The van der Waals surface area contributed by atoms with E-state index in [0.717, 1.165) is 32.5 Å². The van der Waals surface area contributed by atoms with E-state index in [-0.39, 0.29) is 11.3 Å². The minimum atomic E-state index is -0.459. The molecule has 1 rings (SSSR count). The van der Waals surface area contributed by atoms with Crippen LogP contribution in [0.4, 0.5) is 0 Å². The van der Waals surface area contributed by atoms with Crippen molar-refractivity contribution in [2.24, 2.45) is 11.1 Å². The van der Waals surface area contributed by atoms with E-state index < -0.39 is 6.04 Å². The number of rotatable bonds is 6. The summed E-state index contributed by atoms with van der Waals surface area (Å²) in [6, 6.07) is -0.459. The monoisotopic (exact) mass is 257 g/mol. The first kappa shape index (κ1) is 15.4. The highest BCUT2D eigenvalue weighted by Crippen LogP contribution is 2.29. The topological polar surface area (TPSA) is 67.6 Å². The van der Waals surface area contributed by atoms with Crippen molar-refractivity contribution < 1.29 is 9.53 Å². The van der Waals surface area contributed by atoms with E-state index in [4.69, 9.17) is 10.5 Å². The first-order valence-electron chi connectivity index (χ1n) is 6.68. The third kappa shape index (κ3) is 4.92. The fourth-order valence-electron chi connectivity index (χ4n) is 2.14. The number of carbonyl (C=O) groups excluding carboxylic acids is 1. The van der Waals surface area contributed by atoms with Gasteiger partial charge in [0, 0.05) is 20.3 Å². The summed E-state index contributed by atoms with van der Waals surface area (Å²) in [5.41, 5.74) is 6.00. The van der Waals surface area contributed by atoms with Crippen LogP contribution in [0.25, 0.3) is 0 Å². The Bertz CT molecular complexity index is 263. The van der Waals surface area contributed by atoms with Gasteiger partial charge in [-0.2, -0.15) is 0 Å². The second-order valence-electron chi connectivity index (χ2n) is 5.72. The molecule has 1 saturated heterocycles. The maximum absolute atomic E-state index is 11.8. The highest BCUT2D eigenvalue weighted by atomic mass is 16.5. The van der Waals surface area contributed by atoms with Crippen molar-refractivity contribution in [3.63, 3.8) is 0 Å². The molecule has 1 fully saturated rings. The number of ether oxygens (including phenoxy) is 1. The van der Waals surface area contributed by atoms with Crippen molar-refractivity contribution >= 4 is 5.91 Å². The molecular weight excluding hydrogens is 230 g/mol. The van der Waals surface area contributed by atoms with Crippen LogP contribution in [-0.4, -0.2) is 57.2 Å². The zero-order valence-electron chi connectivity index (χ0n) is 11.9. The third-order valence-electron chi connectivity index (χ3n) is 3.85. The number of likely N-dealkylation sites (tertiary alicyclic amines) is 1. The Morgan fingerprint density at radius 2 is 2.11 bits per heavy atom. The molecular formula is C13H27N3O2. The lowest BCUT2D eigenvalue weighted by molar-refractivity contribution is -0.123. The number of hydrogen-bond acceptors (Lipinski definition) is 4. The molecule has 0 aliphatic carbocycles. The van der Waals surface area contributed by atoms with Gasteiger partial charge >= 0.3 is 0 Å². The molecule has 0 bridgehead atoms. The van der Waals surface area contributed by atoms with Gasteiger partial charge in [0.15, 0.2) is 0 Å². The Kier molecular flexibility index (Phi) is 6.05. The van der Waals surface area contributed by atoms with Crippen LogP contribution in [-0.2, 0) is 9.53 Å². The average Bonchev–Trinajstić information content (AvgIpc) is 2.37. The van der Waals surface area contributed by atoms with E-state index in [1.54, 1.807) is 7.11 Å². The first-order valence-corrected chi connectivity index (χ1v) is 6.68. The zero-order chi connectivity index (χ0) is 13.6. The molecule has 0 radical (unpaired) electrons. The number of amides is 1. The van der Waals surface area contributed by atoms with Gasteiger partial charge in [-0.3, -0.25) is 4.79 Å². The van der Waals surface area contributed by atoms with Crippen molar-refractivity contribution in [1.29, 1.82) is 0 Å². The molecule has 3 N–H and O–H groups in total. The molecule has 0 aromatic heterocycles. The Balaban J connectivity index is 2.29. The van der Waals surface area contributed by atoms with E-state index in [9.17, 15) is 4.79 Å². The highest BCUT2D eigenvalue weighted by molar-refractivity contribution is 5.81. The second-order valence-corrected chi connectivity index (χ2v) is 5.72. The smallest absolute Gasteiger partial charge is 0.237 e. The predicted molar refractivity (Wildman–Crippen MR) is 72.3 cm³/mol. The normalized spacial score (nSPS) is 21.6. The number of piperidine rings is 1. The summed E-state index contributed by atoms with van der Waals surface area (Å²) in [4.78, 5) is 14.1. The Labute approximate surface area is 110 Å². The van der Waals surface area contributed by atoms with Crippen LogP contribution in [0.3, 0.4) is 0 Å². The predicted octanol–water partition coefficient (Wildman–Crippen LogP) is 0.198.